The molecule has 2 N–H and O–H groups in total. The second-order valence-electron chi connectivity index (χ2n) is 6.29. The van der Waals surface area contributed by atoms with Crippen molar-refractivity contribution in [3.63, 3.8) is 0 Å². The van der Waals surface area contributed by atoms with Crippen LogP contribution in [0.1, 0.15) is 31.8 Å². The van der Waals surface area contributed by atoms with E-state index in [1.54, 1.807) is 30.3 Å². The van der Waals surface area contributed by atoms with Crippen LogP contribution in [0.15, 0.2) is 60.7 Å². The second-order valence-corrected chi connectivity index (χ2v) is 6.29. The third-order valence-electron chi connectivity index (χ3n) is 4.51. The molecule has 0 bridgehead atoms. The smallest absolute Gasteiger partial charge is 0.395 e. The summed E-state index contributed by atoms with van der Waals surface area (Å²) in [6, 6.07) is 14.7. The number of nitrogen functional groups attached to an aromatic ring is 1. The first kappa shape index (κ1) is 18.8. The molecular weight excluding hydrogens is 392 g/mol. The van der Waals surface area contributed by atoms with Crippen molar-refractivity contribution in [1.29, 1.82) is 0 Å². The Labute approximate surface area is 168 Å². The lowest BCUT2D eigenvalue weighted by Gasteiger charge is -2.20. The number of nitrogens with two attached hydrogens (primary N) is 1. The summed E-state index contributed by atoms with van der Waals surface area (Å²) in [5.41, 5.74) is 4.20. The monoisotopic (exact) mass is 404 g/mol. The Balaban J connectivity index is 1.80. The lowest BCUT2D eigenvalue weighted by molar-refractivity contribution is -0.385. The number of para-hydroxylation sites is 1. The standard InChI is InChI=1S/C21H12N2O7/c22-18-15(30-21(26)29-11-6-2-1-3-7-11)10-14(23(27)28)16-17(18)20(25)13-9-5-4-8-12(13)19(16)24/h1-10H,22H2. The zero-order valence-electron chi connectivity index (χ0n) is 15.2. The minimum absolute atomic E-state index is 0.0367. The molecule has 0 aliphatic heterocycles. The molecule has 0 radical (unpaired) electrons. The van der Waals surface area contributed by atoms with Crippen LogP contribution >= 0.6 is 0 Å². The van der Waals surface area contributed by atoms with Crippen LogP contribution in [-0.4, -0.2) is 22.6 Å². The Morgan fingerprint density at radius 2 is 1.43 bits per heavy atom. The molecule has 1 aliphatic rings. The summed E-state index contributed by atoms with van der Waals surface area (Å²) in [4.78, 5) is 48.7. The van der Waals surface area contributed by atoms with Crippen LogP contribution in [0.2, 0.25) is 0 Å². The number of rotatable bonds is 3. The number of ketones is 2. The maximum absolute atomic E-state index is 13.0. The summed E-state index contributed by atoms with van der Waals surface area (Å²) in [7, 11) is 0. The number of nitrogens with zero attached hydrogens (tertiary/aromatic N) is 1. The molecule has 0 atom stereocenters. The lowest BCUT2D eigenvalue weighted by Crippen LogP contribution is -2.25. The quantitative estimate of drug-likeness (QED) is 0.180. The molecule has 0 amide bonds. The number of hydrogen-bond acceptors (Lipinski definition) is 8. The van der Waals surface area contributed by atoms with Crippen molar-refractivity contribution in [2.24, 2.45) is 0 Å². The zero-order chi connectivity index (χ0) is 21.4. The lowest BCUT2D eigenvalue weighted by atomic mass is 9.82. The topological polar surface area (TPSA) is 139 Å². The van der Waals surface area contributed by atoms with E-state index in [9.17, 15) is 24.5 Å². The van der Waals surface area contributed by atoms with Gasteiger partial charge in [0.05, 0.1) is 22.2 Å². The first-order valence-corrected chi connectivity index (χ1v) is 8.62. The second kappa shape index (κ2) is 7.13. The Hall–Kier alpha value is -4.53. The van der Waals surface area contributed by atoms with E-state index in [0.717, 1.165) is 6.07 Å². The molecule has 1 aliphatic carbocycles. The fraction of sp³-hybridized carbons (Fsp3) is 0. The molecule has 0 aromatic heterocycles. The van der Waals surface area contributed by atoms with Crippen LogP contribution in [0.4, 0.5) is 16.2 Å². The molecule has 0 spiro atoms. The van der Waals surface area contributed by atoms with Crippen LogP contribution in [-0.2, 0) is 0 Å². The van der Waals surface area contributed by atoms with Crippen molar-refractivity contribution < 1.29 is 28.8 Å². The van der Waals surface area contributed by atoms with E-state index in [-0.39, 0.29) is 28.1 Å². The molecule has 0 saturated heterocycles. The van der Waals surface area contributed by atoms with Crippen molar-refractivity contribution in [1.82, 2.24) is 0 Å². The van der Waals surface area contributed by atoms with Gasteiger partial charge in [0.25, 0.3) is 5.69 Å². The van der Waals surface area contributed by atoms with Crippen molar-refractivity contribution in [2.45, 2.75) is 0 Å². The van der Waals surface area contributed by atoms with Crippen molar-refractivity contribution in [3.05, 3.63) is 93.0 Å². The Kier molecular flexibility index (Phi) is 4.47. The molecule has 3 aromatic rings. The van der Waals surface area contributed by atoms with Gasteiger partial charge < -0.3 is 15.2 Å². The molecule has 30 heavy (non-hydrogen) atoms. The highest BCUT2D eigenvalue weighted by Gasteiger charge is 2.39. The van der Waals surface area contributed by atoms with Gasteiger partial charge in [-0.05, 0) is 12.1 Å². The molecule has 0 saturated carbocycles. The molecule has 148 valence electrons. The number of hydrogen-bond donors (Lipinski definition) is 1. The fourth-order valence-electron chi connectivity index (χ4n) is 3.20. The number of nitro benzene ring substituents is 1. The van der Waals surface area contributed by atoms with E-state index in [1.165, 1.54) is 24.3 Å². The van der Waals surface area contributed by atoms with Gasteiger partial charge in [-0.3, -0.25) is 19.7 Å². The molecule has 0 heterocycles. The minimum Gasteiger partial charge on any atom is -0.395 e. The third-order valence-corrected chi connectivity index (χ3v) is 4.51. The number of fused-ring (bicyclic) bond motifs is 2. The number of benzene rings is 3. The average Bonchev–Trinajstić information content (AvgIpc) is 2.73. The van der Waals surface area contributed by atoms with E-state index in [1.807, 2.05) is 0 Å². The molecule has 4 rings (SSSR count). The van der Waals surface area contributed by atoms with Gasteiger partial charge in [-0.15, -0.1) is 0 Å². The fourth-order valence-corrected chi connectivity index (χ4v) is 3.20. The zero-order valence-corrected chi connectivity index (χ0v) is 15.2. The van der Waals surface area contributed by atoms with E-state index in [2.05, 4.69) is 0 Å². The molecule has 9 heteroatoms. The average molecular weight is 404 g/mol. The summed E-state index contributed by atoms with van der Waals surface area (Å²) in [6.45, 7) is 0. The van der Waals surface area contributed by atoms with Crippen LogP contribution < -0.4 is 15.2 Å². The third kappa shape index (κ3) is 3.04. The highest BCUT2D eigenvalue weighted by atomic mass is 16.7. The Bertz CT molecular complexity index is 1240. The molecular formula is C21H12N2O7. The number of ether oxygens (including phenoxy) is 2. The van der Waals surface area contributed by atoms with Gasteiger partial charge in [-0.1, -0.05) is 42.5 Å². The van der Waals surface area contributed by atoms with Gasteiger partial charge in [0.1, 0.15) is 11.3 Å². The van der Waals surface area contributed by atoms with Crippen LogP contribution in [0.5, 0.6) is 11.5 Å². The summed E-state index contributed by atoms with van der Waals surface area (Å²) >= 11 is 0. The summed E-state index contributed by atoms with van der Waals surface area (Å²) in [6.07, 6.45) is -1.21. The van der Waals surface area contributed by atoms with Crippen molar-refractivity contribution >= 4 is 29.1 Å². The molecule has 0 fully saturated rings. The SMILES string of the molecule is Nc1c(OC(=O)Oc2ccccc2)cc([N+](=O)[O-])c2c1C(=O)c1ccccc1C2=O. The minimum atomic E-state index is -1.21. The van der Waals surface area contributed by atoms with Gasteiger partial charge in [-0.25, -0.2) is 4.79 Å². The highest BCUT2D eigenvalue weighted by molar-refractivity contribution is 6.31. The van der Waals surface area contributed by atoms with Crippen LogP contribution in [0.3, 0.4) is 0 Å². The molecule has 9 nitrogen and oxygen atoms in total. The number of anilines is 1. The van der Waals surface area contributed by atoms with Crippen molar-refractivity contribution in [3.8, 4) is 11.5 Å². The largest absolute Gasteiger partial charge is 0.519 e. The predicted octanol–water partition coefficient (Wildman–Crippen LogP) is 3.53. The number of carbonyl (C=O) groups is 3. The maximum atomic E-state index is 13.0. The summed E-state index contributed by atoms with van der Waals surface area (Å²) < 4.78 is 10.0. The van der Waals surface area contributed by atoms with Crippen LogP contribution in [0.25, 0.3) is 0 Å². The van der Waals surface area contributed by atoms with Gasteiger partial charge in [0.15, 0.2) is 11.5 Å². The number of nitro groups is 1. The number of carbonyl (C=O) groups excluding carboxylic acids is 3. The molecule has 0 unspecified atom stereocenters. The van der Waals surface area contributed by atoms with Gasteiger partial charge in [0, 0.05) is 11.1 Å². The first-order chi connectivity index (χ1) is 14.4. The van der Waals surface area contributed by atoms with Gasteiger partial charge >= 0.3 is 6.16 Å². The molecule has 3 aromatic carbocycles. The Morgan fingerprint density at radius 1 is 0.867 bits per heavy atom. The van der Waals surface area contributed by atoms with Gasteiger partial charge in [0.2, 0.25) is 5.78 Å². The van der Waals surface area contributed by atoms with E-state index >= 15 is 0 Å². The normalized spacial score (nSPS) is 12.0. The van der Waals surface area contributed by atoms with Crippen molar-refractivity contribution in [2.75, 3.05) is 5.73 Å². The van der Waals surface area contributed by atoms with Gasteiger partial charge in [-0.2, -0.15) is 0 Å². The van der Waals surface area contributed by atoms with E-state index < -0.39 is 39.6 Å². The predicted molar refractivity (Wildman–Crippen MR) is 104 cm³/mol. The van der Waals surface area contributed by atoms with E-state index in [0.29, 0.717) is 0 Å². The summed E-state index contributed by atoms with van der Waals surface area (Å²) in [5, 5.41) is 11.6. The summed E-state index contributed by atoms with van der Waals surface area (Å²) in [5.74, 6) is -1.67. The Morgan fingerprint density at radius 3 is 2.03 bits per heavy atom. The maximum Gasteiger partial charge on any atom is 0.519 e. The van der Waals surface area contributed by atoms with E-state index in [4.69, 9.17) is 15.2 Å². The highest BCUT2D eigenvalue weighted by Crippen LogP contribution is 2.41. The van der Waals surface area contributed by atoms with Crippen LogP contribution in [0, 0.1) is 10.1 Å². The first-order valence-electron chi connectivity index (χ1n) is 8.62.